The van der Waals surface area contributed by atoms with Crippen molar-refractivity contribution in [3.63, 3.8) is 0 Å². The highest BCUT2D eigenvalue weighted by Crippen LogP contribution is 2.39. The topological polar surface area (TPSA) is 66.6 Å². The Balaban J connectivity index is 2.04. The molecule has 0 saturated heterocycles. The van der Waals surface area contributed by atoms with Crippen LogP contribution in [0.3, 0.4) is 0 Å². The molecule has 0 unspecified atom stereocenters. The van der Waals surface area contributed by atoms with Gasteiger partial charge in [0.1, 0.15) is 5.75 Å². The Kier molecular flexibility index (Phi) is 4.71. The van der Waals surface area contributed by atoms with E-state index in [1.165, 1.54) is 0 Å². The molecule has 6 nitrogen and oxygen atoms in total. The first kappa shape index (κ1) is 16.3. The van der Waals surface area contributed by atoms with Crippen LogP contribution in [0.15, 0.2) is 45.4 Å². The van der Waals surface area contributed by atoms with Crippen LogP contribution in [0.25, 0.3) is 22.8 Å². The monoisotopic (exact) mass is 390 g/mol. The maximum atomic E-state index is 5.40. The lowest BCUT2D eigenvalue weighted by atomic mass is 10.1. The van der Waals surface area contributed by atoms with Gasteiger partial charge < -0.3 is 18.7 Å². The lowest BCUT2D eigenvalue weighted by molar-refractivity contribution is 0.348. The SMILES string of the molecule is COc1cc(OC)c(-c2nc(-c3ccc(Br)cc3)no2)cc1OC. The van der Waals surface area contributed by atoms with Crippen molar-refractivity contribution in [1.29, 1.82) is 0 Å². The van der Waals surface area contributed by atoms with Crippen molar-refractivity contribution in [3.8, 4) is 40.1 Å². The number of hydrogen-bond donors (Lipinski definition) is 0. The number of hydrogen-bond acceptors (Lipinski definition) is 6. The van der Waals surface area contributed by atoms with Crippen molar-refractivity contribution in [3.05, 3.63) is 40.9 Å². The van der Waals surface area contributed by atoms with Crippen LogP contribution in [0.4, 0.5) is 0 Å². The zero-order valence-electron chi connectivity index (χ0n) is 13.4. The molecule has 0 aliphatic heterocycles. The maximum Gasteiger partial charge on any atom is 0.262 e. The van der Waals surface area contributed by atoms with E-state index in [-0.39, 0.29) is 0 Å². The van der Waals surface area contributed by atoms with Crippen LogP contribution in [0, 0.1) is 0 Å². The van der Waals surface area contributed by atoms with Gasteiger partial charge in [0.2, 0.25) is 5.82 Å². The third kappa shape index (κ3) is 3.07. The minimum atomic E-state index is 0.339. The van der Waals surface area contributed by atoms with Gasteiger partial charge in [0, 0.05) is 22.2 Å². The summed E-state index contributed by atoms with van der Waals surface area (Å²) >= 11 is 3.40. The van der Waals surface area contributed by atoms with Crippen molar-refractivity contribution in [2.45, 2.75) is 0 Å². The molecule has 0 aliphatic carbocycles. The summed E-state index contributed by atoms with van der Waals surface area (Å²) in [6, 6.07) is 11.1. The minimum Gasteiger partial charge on any atom is -0.496 e. The second-order valence-corrected chi connectivity index (χ2v) is 5.75. The summed E-state index contributed by atoms with van der Waals surface area (Å²) in [6.45, 7) is 0. The van der Waals surface area contributed by atoms with Crippen LogP contribution in [-0.4, -0.2) is 31.5 Å². The molecule has 0 N–H and O–H groups in total. The smallest absolute Gasteiger partial charge is 0.262 e. The predicted molar refractivity (Wildman–Crippen MR) is 92.5 cm³/mol. The van der Waals surface area contributed by atoms with Crippen molar-refractivity contribution in [1.82, 2.24) is 10.1 Å². The highest BCUT2D eigenvalue weighted by molar-refractivity contribution is 9.10. The molecule has 1 aromatic heterocycles. The van der Waals surface area contributed by atoms with Gasteiger partial charge in [0.05, 0.1) is 26.9 Å². The third-order valence-corrected chi connectivity index (χ3v) is 3.99. The molecule has 1 heterocycles. The Morgan fingerprint density at radius 1 is 0.875 bits per heavy atom. The van der Waals surface area contributed by atoms with E-state index in [1.807, 2.05) is 24.3 Å². The molecule has 0 bridgehead atoms. The molecular formula is C17H15BrN2O4. The highest BCUT2D eigenvalue weighted by atomic mass is 79.9. The van der Waals surface area contributed by atoms with Crippen LogP contribution in [0.5, 0.6) is 17.2 Å². The molecule has 0 fully saturated rings. The lowest BCUT2D eigenvalue weighted by Gasteiger charge is -2.11. The average molecular weight is 391 g/mol. The standard InChI is InChI=1S/C17H15BrN2O4/c1-21-13-9-15(23-3)14(22-2)8-12(13)17-19-16(20-24-17)10-4-6-11(18)7-5-10/h4-9H,1-3H3. The van der Waals surface area contributed by atoms with Gasteiger partial charge >= 0.3 is 0 Å². The molecule has 0 atom stereocenters. The van der Waals surface area contributed by atoms with E-state index in [9.17, 15) is 0 Å². The summed E-state index contributed by atoms with van der Waals surface area (Å²) in [5, 5.41) is 4.04. The van der Waals surface area contributed by atoms with E-state index in [1.54, 1.807) is 33.5 Å². The molecule has 24 heavy (non-hydrogen) atoms. The van der Waals surface area contributed by atoms with Gasteiger partial charge in [0.15, 0.2) is 11.5 Å². The van der Waals surface area contributed by atoms with Gasteiger partial charge in [-0.05, 0) is 24.3 Å². The van der Waals surface area contributed by atoms with Crippen molar-refractivity contribution >= 4 is 15.9 Å². The molecule has 7 heteroatoms. The number of halogens is 1. The van der Waals surface area contributed by atoms with E-state index in [4.69, 9.17) is 18.7 Å². The third-order valence-electron chi connectivity index (χ3n) is 3.46. The summed E-state index contributed by atoms with van der Waals surface area (Å²) in [5.74, 6) is 2.50. The second kappa shape index (κ2) is 6.92. The van der Waals surface area contributed by atoms with Crippen LogP contribution < -0.4 is 14.2 Å². The molecule has 0 spiro atoms. The quantitative estimate of drug-likeness (QED) is 0.650. The summed E-state index contributed by atoms with van der Waals surface area (Å²) in [7, 11) is 4.70. The second-order valence-electron chi connectivity index (χ2n) is 4.84. The van der Waals surface area contributed by atoms with Gasteiger partial charge in [-0.25, -0.2) is 0 Å². The molecule has 2 aromatic carbocycles. The van der Waals surface area contributed by atoms with E-state index < -0.39 is 0 Å². The zero-order chi connectivity index (χ0) is 17.1. The molecule has 0 saturated carbocycles. The highest BCUT2D eigenvalue weighted by Gasteiger charge is 2.19. The Bertz CT molecular complexity index is 846. The number of benzene rings is 2. The Morgan fingerprint density at radius 3 is 2.12 bits per heavy atom. The van der Waals surface area contributed by atoms with Gasteiger partial charge in [-0.2, -0.15) is 4.98 Å². The molecule has 124 valence electrons. The van der Waals surface area contributed by atoms with E-state index in [0.29, 0.717) is 34.5 Å². The lowest BCUT2D eigenvalue weighted by Crippen LogP contribution is -1.95. The van der Waals surface area contributed by atoms with Gasteiger partial charge in [-0.15, -0.1) is 0 Å². The van der Waals surface area contributed by atoms with Crippen molar-refractivity contribution < 1.29 is 18.7 Å². The molecular weight excluding hydrogens is 376 g/mol. The van der Waals surface area contributed by atoms with E-state index in [2.05, 4.69) is 26.1 Å². The maximum absolute atomic E-state index is 5.40. The van der Waals surface area contributed by atoms with Gasteiger partial charge in [-0.1, -0.05) is 21.1 Å². The fourth-order valence-corrected chi connectivity index (χ4v) is 2.51. The molecule has 3 rings (SSSR count). The van der Waals surface area contributed by atoms with Crippen LogP contribution in [0.1, 0.15) is 0 Å². The molecule has 3 aromatic rings. The number of ether oxygens (including phenoxy) is 3. The van der Waals surface area contributed by atoms with E-state index in [0.717, 1.165) is 10.0 Å². The van der Waals surface area contributed by atoms with Crippen LogP contribution >= 0.6 is 15.9 Å². The Hall–Kier alpha value is -2.54. The van der Waals surface area contributed by atoms with E-state index >= 15 is 0 Å². The van der Waals surface area contributed by atoms with Gasteiger partial charge in [0.25, 0.3) is 5.89 Å². The fraction of sp³-hybridized carbons (Fsp3) is 0.176. The van der Waals surface area contributed by atoms with Gasteiger partial charge in [-0.3, -0.25) is 0 Å². The Labute approximate surface area is 147 Å². The van der Waals surface area contributed by atoms with Crippen molar-refractivity contribution in [2.75, 3.05) is 21.3 Å². The van der Waals surface area contributed by atoms with Crippen molar-refractivity contribution in [2.24, 2.45) is 0 Å². The van der Waals surface area contributed by atoms with Crippen LogP contribution in [-0.2, 0) is 0 Å². The summed E-state index contributed by atoms with van der Waals surface area (Å²) in [6.07, 6.45) is 0. The normalized spacial score (nSPS) is 10.5. The molecule has 0 aliphatic rings. The molecule has 0 amide bonds. The number of aromatic nitrogens is 2. The number of methoxy groups -OCH3 is 3. The molecule has 0 radical (unpaired) electrons. The summed E-state index contributed by atoms with van der Waals surface area (Å²) in [5.41, 5.74) is 1.48. The largest absolute Gasteiger partial charge is 0.496 e. The summed E-state index contributed by atoms with van der Waals surface area (Å²) < 4.78 is 22.4. The Morgan fingerprint density at radius 2 is 1.50 bits per heavy atom. The minimum absolute atomic E-state index is 0.339. The first-order valence-corrected chi connectivity index (χ1v) is 7.85. The number of rotatable bonds is 5. The van der Waals surface area contributed by atoms with Crippen LogP contribution in [0.2, 0.25) is 0 Å². The zero-order valence-corrected chi connectivity index (χ0v) is 15.0. The first-order chi connectivity index (χ1) is 11.7. The average Bonchev–Trinajstić information content (AvgIpc) is 3.11. The number of nitrogens with zero attached hydrogens (tertiary/aromatic N) is 2. The predicted octanol–water partition coefficient (Wildman–Crippen LogP) is 4.19. The summed E-state index contributed by atoms with van der Waals surface area (Å²) in [4.78, 5) is 4.45. The first-order valence-electron chi connectivity index (χ1n) is 7.06. The fourth-order valence-electron chi connectivity index (χ4n) is 2.25.